The van der Waals surface area contributed by atoms with Crippen LogP contribution in [0.1, 0.15) is 17.5 Å². The van der Waals surface area contributed by atoms with Crippen molar-refractivity contribution in [3.63, 3.8) is 0 Å². The van der Waals surface area contributed by atoms with E-state index >= 15 is 0 Å². The molecule has 0 aliphatic heterocycles. The van der Waals surface area contributed by atoms with Crippen molar-refractivity contribution < 1.29 is 9.72 Å². The van der Waals surface area contributed by atoms with Gasteiger partial charge >= 0.3 is 0 Å². The van der Waals surface area contributed by atoms with Gasteiger partial charge in [0.1, 0.15) is 18.3 Å². The third-order valence-electron chi connectivity index (χ3n) is 4.06. The standard InChI is InChI=1S/C19H20N6O3/c26-19(8-9-21-17-6-1-2-7-18(17)25(27)28)22-11-15-4-3-5-16(10-15)12-24-14-20-13-23-24/h1-7,10,13-14,21H,8-9,11-12H2,(H,22,26). The highest BCUT2D eigenvalue weighted by Gasteiger charge is 2.12. The van der Waals surface area contributed by atoms with E-state index in [4.69, 9.17) is 0 Å². The van der Waals surface area contributed by atoms with Crippen molar-refractivity contribution in [1.82, 2.24) is 20.1 Å². The zero-order valence-corrected chi connectivity index (χ0v) is 15.1. The van der Waals surface area contributed by atoms with E-state index < -0.39 is 4.92 Å². The molecule has 0 saturated heterocycles. The van der Waals surface area contributed by atoms with E-state index in [0.29, 0.717) is 25.3 Å². The maximum absolute atomic E-state index is 12.1. The number of benzene rings is 2. The van der Waals surface area contributed by atoms with E-state index in [0.717, 1.165) is 11.1 Å². The van der Waals surface area contributed by atoms with E-state index in [1.54, 1.807) is 29.2 Å². The van der Waals surface area contributed by atoms with Crippen LogP contribution in [0.3, 0.4) is 0 Å². The largest absolute Gasteiger partial charge is 0.379 e. The van der Waals surface area contributed by atoms with Crippen LogP contribution in [0, 0.1) is 10.1 Å². The molecule has 2 aromatic carbocycles. The predicted octanol–water partition coefficient (Wildman–Crippen LogP) is 2.35. The molecular weight excluding hydrogens is 360 g/mol. The van der Waals surface area contributed by atoms with Crippen LogP contribution in [0.5, 0.6) is 0 Å². The van der Waals surface area contributed by atoms with E-state index in [2.05, 4.69) is 20.7 Å². The summed E-state index contributed by atoms with van der Waals surface area (Å²) in [7, 11) is 0. The number of hydrogen-bond donors (Lipinski definition) is 2. The number of nitrogens with one attached hydrogen (secondary N) is 2. The zero-order valence-electron chi connectivity index (χ0n) is 15.1. The molecule has 0 aliphatic carbocycles. The monoisotopic (exact) mass is 380 g/mol. The maximum Gasteiger partial charge on any atom is 0.292 e. The van der Waals surface area contributed by atoms with Gasteiger partial charge in [-0.05, 0) is 17.2 Å². The normalized spacial score (nSPS) is 10.4. The van der Waals surface area contributed by atoms with Crippen molar-refractivity contribution >= 4 is 17.3 Å². The topological polar surface area (TPSA) is 115 Å². The summed E-state index contributed by atoms with van der Waals surface area (Å²) in [6.07, 6.45) is 3.35. The van der Waals surface area contributed by atoms with Crippen molar-refractivity contribution in [2.45, 2.75) is 19.5 Å². The Morgan fingerprint density at radius 1 is 1.14 bits per heavy atom. The van der Waals surface area contributed by atoms with E-state index in [1.165, 1.54) is 12.4 Å². The SMILES string of the molecule is O=C(CCNc1ccccc1[N+](=O)[O-])NCc1cccc(Cn2cncn2)c1. The molecule has 144 valence electrons. The Morgan fingerprint density at radius 3 is 2.75 bits per heavy atom. The lowest BCUT2D eigenvalue weighted by molar-refractivity contribution is -0.384. The number of carbonyl (C=O) groups is 1. The minimum absolute atomic E-state index is 0.00731. The van der Waals surface area contributed by atoms with Gasteiger partial charge < -0.3 is 10.6 Å². The van der Waals surface area contributed by atoms with Crippen molar-refractivity contribution in [2.75, 3.05) is 11.9 Å². The van der Waals surface area contributed by atoms with E-state index in [9.17, 15) is 14.9 Å². The fourth-order valence-electron chi connectivity index (χ4n) is 2.72. The molecule has 9 heteroatoms. The van der Waals surface area contributed by atoms with Gasteiger partial charge in [-0.3, -0.25) is 14.9 Å². The molecular formula is C19H20N6O3. The highest BCUT2D eigenvalue weighted by Crippen LogP contribution is 2.22. The Balaban J connectivity index is 1.45. The Bertz CT molecular complexity index is 942. The van der Waals surface area contributed by atoms with Crippen LogP contribution in [0.15, 0.2) is 61.2 Å². The average Bonchev–Trinajstić information content (AvgIpc) is 3.20. The molecule has 9 nitrogen and oxygen atoms in total. The Morgan fingerprint density at radius 2 is 1.96 bits per heavy atom. The smallest absolute Gasteiger partial charge is 0.292 e. The van der Waals surface area contributed by atoms with Gasteiger partial charge in [0.25, 0.3) is 5.69 Å². The van der Waals surface area contributed by atoms with Gasteiger partial charge in [0, 0.05) is 25.6 Å². The minimum atomic E-state index is -0.450. The second-order valence-electron chi connectivity index (χ2n) is 6.14. The molecule has 0 saturated carbocycles. The molecule has 3 aromatic rings. The van der Waals surface area contributed by atoms with Crippen LogP contribution >= 0.6 is 0 Å². The first-order chi connectivity index (χ1) is 13.6. The number of amides is 1. The molecule has 28 heavy (non-hydrogen) atoms. The second kappa shape index (κ2) is 9.26. The summed E-state index contributed by atoms with van der Waals surface area (Å²) < 4.78 is 1.73. The van der Waals surface area contributed by atoms with Gasteiger partial charge in [0.15, 0.2) is 0 Å². The van der Waals surface area contributed by atoms with Crippen LogP contribution in [-0.4, -0.2) is 32.1 Å². The molecule has 0 bridgehead atoms. The summed E-state index contributed by atoms with van der Waals surface area (Å²) in [6, 6.07) is 14.2. The minimum Gasteiger partial charge on any atom is -0.379 e. The molecule has 0 unspecified atom stereocenters. The van der Waals surface area contributed by atoms with Crippen LogP contribution in [0.25, 0.3) is 0 Å². The first kappa shape index (κ1) is 19.0. The van der Waals surface area contributed by atoms with Crippen LogP contribution in [-0.2, 0) is 17.9 Å². The molecule has 0 aliphatic rings. The molecule has 0 atom stereocenters. The first-order valence-corrected chi connectivity index (χ1v) is 8.76. The number of nitrogens with zero attached hydrogens (tertiary/aromatic N) is 4. The number of rotatable bonds is 9. The van der Waals surface area contributed by atoms with Gasteiger partial charge in [-0.25, -0.2) is 9.67 Å². The summed E-state index contributed by atoms with van der Waals surface area (Å²) in [5.74, 6) is -0.132. The van der Waals surface area contributed by atoms with Gasteiger partial charge in [0.05, 0.1) is 11.5 Å². The highest BCUT2D eigenvalue weighted by molar-refractivity contribution is 5.76. The third-order valence-corrected chi connectivity index (χ3v) is 4.06. The summed E-state index contributed by atoms with van der Waals surface area (Å²) in [5, 5.41) is 20.9. The molecule has 1 heterocycles. The quantitative estimate of drug-likeness (QED) is 0.435. The molecule has 0 radical (unpaired) electrons. The van der Waals surface area contributed by atoms with E-state index in [-0.39, 0.29) is 18.0 Å². The van der Waals surface area contributed by atoms with Crippen molar-refractivity contribution in [3.8, 4) is 0 Å². The van der Waals surface area contributed by atoms with Gasteiger partial charge in [0.2, 0.25) is 5.91 Å². The first-order valence-electron chi connectivity index (χ1n) is 8.76. The number of nitro benzene ring substituents is 1. The number of hydrogen-bond acceptors (Lipinski definition) is 6. The van der Waals surface area contributed by atoms with Crippen LogP contribution in [0.2, 0.25) is 0 Å². The predicted molar refractivity (Wildman–Crippen MR) is 104 cm³/mol. The fourth-order valence-corrected chi connectivity index (χ4v) is 2.72. The van der Waals surface area contributed by atoms with Gasteiger partial charge in [-0.1, -0.05) is 36.4 Å². The number of anilines is 1. The van der Waals surface area contributed by atoms with E-state index in [1.807, 2.05) is 24.3 Å². The summed E-state index contributed by atoms with van der Waals surface area (Å²) in [6.45, 7) is 1.33. The molecule has 0 spiro atoms. The van der Waals surface area contributed by atoms with Gasteiger partial charge in [-0.2, -0.15) is 5.10 Å². The molecule has 0 fully saturated rings. The number of nitro groups is 1. The summed E-state index contributed by atoms with van der Waals surface area (Å²) in [4.78, 5) is 26.5. The second-order valence-corrected chi connectivity index (χ2v) is 6.14. The Kier molecular flexibility index (Phi) is 6.29. The number of aromatic nitrogens is 3. The molecule has 1 aromatic heterocycles. The third kappa shape index (κ3) is 5.37. The summed E-state index contributed by atoms with van der Waals surface area (Å²) in [5.41, 5.74) is 2.45. The summed E-state index contributed by atoms with van der Waals surface area (Å²) >= 11 is 0. The lowest BCUT2D eigenvalue weighted by Gasteiger charge is -2.09. The number of para-hydroxylation sites is 2. The highest BCUT2D eigenvalue weighted by atomic mass is 16.6. The molecule has 3 rings (SSSR count). The maximum atomic E-state index is 12.1. The zero-order chi connectivity index (χ0) is 19.8. The van der Waals surface area contributed by atoms with Crippen LogP contribution in [0.4, 0.5) is 11.4 Å². The van der Waals surface area contributed by atoms with Crippen molar-refractivity contribution in [3.05, 3.63) is 82.4 Å². The molecule has 1 amide bonds. The fraction of sp³-hybridized carbons (Fsp3) is 0.211. The lowest BCUT2D eigenvalue weighted by atomic mass is 10.1. The molecule has 2 N–H and O–H groups in total. The van der Waals surface area contributed by atoms with Crippen molar-refractivity contribution in [2.24, 2.45) is 0 Å². The average molecular weight is 380 g/mol. The van der Waals surface area contributed by atoms with Crippen LogP contribution < -0.4 is 10.6 Å². The van der Waals surface area contributed by atoms with Gasteiger partial charge in [-0.15, -0.1) is 0 Å². The lowest BCUT2D eigenvalue weighted by Crippen LogP contribution is -2.25. The number of carbonyl (C=O) groups excluding carboxylic acids is 1. The Hall–Kier alpha value is -3.75. The van der Waals surface area contributed by atoms with Crippen molar-refractivity contribution in [1.29, 1.82) is 0 Å². The Labute approximate surface area is 161 Å².